The van der Waals surface area contributed by atoms with Crippen LogP contribution >= 0.6 is 0 Å². The van der Waals surface area contributed by atoms with E-state index in [9.17, 15) is 24.6 Å². The van der Waals surface area contributed by atoms with E-state index in [1.165, 1.54) is 36.5 Å². The second-order valence-electron chi connectivity index (χ2n) is 14.3. The van der Waals surface area contributed by atoms with Crippen molar-refractivity contribution < 1.29 is 24.2 Å². The minimum absolute atomic E-state index is 0.0497. The molecule has 1 aliphatic heterocycles. The van der Waals surface area contributed by atoms with Crippen LogP contribution in [-0.4, -0.2) is 58.6 Å². The molecule has 4 N–H and O–H groups in total. The molecule has 0 bridgehead atoms. The zero-order valence-electron chi connectivity index (χ0n) is 29.5. The zero-order chi connectivity index (χ0) is 34.9. The third kappa shape index (κ3) is 9.40. The molecule has 0 unspecified atom stereocenters. The van der Waals surface area contributed by atoms with Gasteiger partial charge >= 0.3 is 0 Å². The maximum absolute atomic E-state index is 13.7. The van der Waals surface area contributed by atoms with Gasteiger partial charge in [0.1, 0.15) is 22.5 Å². The fraction of sp³-hybridized carbons (Fsp3) is 0.564. The first-order valence-corrected chi connectivity index (χ1v) is 17.8. The van der Waals surface area contributed by atoms with Crippen LogP contribution in [0.3, 0.4) is 0 Å². The Balaban J connectivity index is 0.000000500. The van der Waals surface area contributed by atoms with Crippen molar-refractivity contribution in [3.8, 4) is 11.5 Å². The highest BCUT2D eigenvalue weighted by molar-refractivity contribution is 5.94. The van der Waals surface area contributed by atoms with E-state index in [0.29, 0.717) is 12.5 Å². The van der Waals surface area contributed by atoms with Crippen LogP contribution in [0.1, 0.15) is 107 Å². The van der Waals surface area contributed by atoms with Gasteiger partial charge in [0.05, 0.1) is 5.41 Å². The van der Waals surface area contributed by atoms with E-state index in [2.05, 4.69) is 74.4 Å². The van der Waals surface area contributed by atoms with E-state index in [1.807, 2.05) is 0 Å². The minimum atomic E-state index is -0.556. The molecule has 1 aromatic heterocycles. The van der Waals surface area contributed by atoms with Crippen molar-refractivity contribution in [2.24, 2.45) is 11.3 Å². The molecule has 1 aliphatic carbocycles. The average molecular weight is 662 g/mol. The maximum Gasteiger partial charge on any atom is 0.287 e. The number of fused-ring (bicyclic) bond motifs is 1. The van der Waals surface area contributed by atoms with Gasteiger partial charge in [-0.3, -0.25) is 14.4 Å². The van der Waals surface area contributed by atoms with Crippen LogP contribution in [0.15, 0.2) is 51.7 Å². The number of nitrogens with zero attached hydrogens (tertiary/aromatic N) is 1. The number of likely N-dealkylation sites (tertiary alicyclic amines) is 1. The van der Waals surface area contributed by atoms with Crippen molar-refractivity contribution in [3.63, 3.8) is 0 Å². The van der Waals surface area contributed by atoms with Crippen molar-refractivity contribution >= 4 is 22.8 Å². The van der Waals surface area contributed by atoms with Crippen LogP contribution in [0.5, 0.6) is 11.5 Å². The summed E-state index contributed by atoms with van der Waals surface area (Å²) in [5.74, 6) is -0.684. The van der Waals surface area contributed by atoms with Crippen LogP contribution in [-0.2, 0) is 11.2 Å². The van der Waals surface area contributed by atoms with Crippen molar-refractivity contribution in [2.75, 3.05) is 26.2 Å². The summed E-state index contributed by atoms with van der Waals surface area (Å²) < 4.78 is 5.48. The van der Waals surface area contributed by atoms with E-state index in [0.717, 1.165) is 76.7 Å². The van der Waals surface area contributed by atoms with Gasteiger partial charge in [0.25, 0.3) is 5.91 Å². The Hall–Kier alpha value is -3.85. The van der Waals surface area contributed by atoms with E-state index in [4.69, 9.17) is 4.42 Å². The summed E-state index contributed by atoms with van der Waals surface area (Å²) in [5.41, 5.74) is 1.65. The average Bonchev–Trinajstić information content (AvgIpc) is 3.07. The summed E-state index contributed by atoms with van der Waals surface area (Å²) in [6, 6.07) is 12.0. The van der Waals surface area contributed by atoms with Crippen LogP contribution in [0.4, 0.5) is 0 Å². The molecule has 9 nitrogen and oxygen atoms in total. The molecule has 0 spiro atoms. The van der Waals surface area contributed by atoms with Gasteiger partial charge in [-0.05, 0) is 96.8 Å². The standard InChI is InChI=1S/C30H43N3O6.C9H12/c1-4-29(2,3)32-28(38)30(20-9-6-5-7-10-20)11-15-33(16-12-30)14-8-13-31-27(37)25-19-23(36)26-22(35)17-21(34)18-24(26)39-25;1-3-9-6-4-8(2)5-7-9/h17-20,34-35H,4-16H2,1-3H3,(H,31,37)(H,32,38);4-7H,3H2,1-2H3. The van der Waals surface area contributed by atoms with E-state index in [1.54, 1.807) is 0 Å². The van der Waals surface area contributed by atoms with Crippen molar-refractivity contribution in [3.05, 3.63) is 69.6 Å². The third-order valence-corrected chi connectivity index (χ3v) is 10.4. The van der Waals surface area contributed by atoms with Gasteiger partial charge in [0, 0.05) is 30.3 Å². The molecule has 2 aliphatic rings. The van der Waals surface area contributed by atoms with Crippen molar-refractivity contribution in [1.29, 1.82) is 0 Å². The van der Waals surface area contributed by atoms with Crippen LogP contribution in [0.2, 0.25) is 0 Å². The molecule has 2 heterocycles. The Morgan fingerprint density at radius 2 is 1.67 bits per heavy atom. The van der Waals surface area contributed by atoms with E-state index in [-0.39, 0.29) is 39.3 Å². The Kier molecular flexibility index (Phi) is 12.7. The van der Waals surface area contributed by atoms with Gasteiger partial charge in [-0.2, -0.15) is 0 Å². The lowest BCUT2D eigenvalue weighted by Crippen LogP contribution is -2.57. The summed E-state index contributed by atoms with van der Waals surface area (Å²) in [7, 11) is 0. The summed E-state index contributed by atoms with van der Waals surface area (Å²) >= 11 is 0. The predicted molar refractivity (Wildman–Crippen MR) is 191 cm³/mol. The summed E-state index contributed by atoms with van der Waals surface area (Å²) in [4.78, 5) is 41.0. The number of hydrogen-bond acceptors (Lipinski definition) is 7. The molecule has 0 radical (unpaired) electrons. The molecular formula is C39H55N3O6. The number of aryl methyl sites for hydroxylation is 2. The quantitative estimate of drug-likeness (QED) is 0.175. The third-order valence-electron chi connectivity index (χ3n) is 10.4. The molecule has 262 valence electrons. The van der Waals surface area contributed by atoms with Gasteiger partial charge in [0.15, 0.2) is 11.2 Å². The molecule has 2 fully saturated rings. The number of piperidine rings is 1. The number of carbonyl (C=O) groups is 2. The molecule has 1 saturated carbocycles. The smallest absolute Gasteiger partial charge is 0.287 e. The van der Waals surface area contributed by atoms with E-state index >= 15 is 0 Å². The SMILES string of the molecule is CCC(C)(C)NC(=O)C1(C2CCCCC2)CCN(CCCNC(=O)c2cc(=O)c3c(O)cc(O)cc3o2)CC1.CCc1ccc(C)cc1. The topological polar surface area (TPSA) is 132 Å². The van der Waals surface area contributed by atoms with Gasteiger partial charge in [-0.15, -0.1) is 0 Å². The number of carbonyl (C=O) groups excluding carboxylic acids is 2. The molecule has 1 saturated heterocycles. The number of phenolic OH excluding ortho intramolecular Hbond substituents is 2. The fourth-order valence-corrected chi connectivity index (χ4v) is 6.95. The number of aromatic hydroxyl groups is 2. The highest BCUT2D eigenvalue weighted by atomic mass is 16.3. The van der Waals surface area contributed by atoms with Gasteiger partial charge < -0.3 is 30.2 Å². The van der Waals surface area contributed by atoms with Gasteiger partial charge in [-0.25, -0.2) is 0 Å². The summed E-state index contributed by atoms with van der Waals surface area (Å²) in [6.45, 7) is 13.5. The number of amides is 2. The van der Waals surface area contributed by atoms with Gasteiger partial charge in [0.2, 0.25) is 5.91 Å². The van der Waals surface area contributed by atoms with Crippen molar-refractivity contribution in [1.82, 2.24) is 15.5 Å². The van der Waals surface area contributed by atoms with Crippen LogP contribution in [0, 0.1) is 18.3 Å². The van der Waals surface area contributed by atoms with Gasteiger partial charge in [-0.1, -0.05) is 62.9 Å². The Bertz CT molecular complexity index is 1580. The zero-order valence-corrected chi connectivity index (χ0v) is 29.5. The second kappa shape index (κ2) is 16.5. The molecular weight excluding hydrogens is 606 g/mol. The molecule has 48 heavy (non-hydrogen) atoms. The highest BCUT2D eigenvalue weighted by Crippen LogP contribution is 2.46. The first-order valence-electron chi connectivity index (χ1n) is 17.8. The summed E-state index contributed by atoms with van der Waals surface area (Å²) in [5, 5.41) is 25.7. The maximum atomic E-state index is 13.7. The lowest BCUT2D eigenvalue weighted by Gasteiger charge is -2.48. The number of rotatable bonds is 10. The first-order chi connectivity index (χ1) is 22.9. The van der Waals surface area contributed by atoms with Crippen LogP contribution < -0.4 is 16.1 Å². The lowest BCUT2D eigenvalue weighted by molar-refractivity contribution is -0.141. The second-order valence-corrected chi connectivity index (χ2v) is 14.3. The molecule has 0 atom stereocenters. The predicted octanol–water partition coefficient (Wildman–Crippen LogP) is 6.85. The Labute approximate surface area is 285 Å². The molecule has 2 aromatic carbocycles. The number of phenols is 2. The number of nitrogens with one attached hydrogen (secondary N) is 2. The summed E-state index contributed by atoms with van der Waals surface area (Å²) in [6.07, 6.45) is 10.4. The molecule has 9 heteroatoms. The fourth-order valence-electron chi connectivity index (χ4n) is 6.95. The monoisotopic (exact) mass is 661 g/mol. The lowest BCUT2D eigenvalue weighted by atomic mass is 9.63. The first kappa shape index (κ1) is 37.0. The number of hydrogen-bond donors (Lipinski definition) is 4. The molecule has 5 rings (SSSR count). The molecule has 2 amide bonds. The van der Waals surface area contributed by atoms with Crippen LogP contribution in [0.25, 0.3) is 11.0 Å². The van der Waals surface area contributed by atoms with E-state index < -0.39 is 17.1 Å². The minimum Gasteiger partial charge on any atom is -0.508 e. The normalized spacial score (nSPS) is 16.9. The Morgan fingerprint density at radius 1 is 1.00 bits per heavy atom. The Morgan fingerprint density at radius 3 is 2.29 bits per heavy atom. The van der Waals surface area contributed by atoms with Crippen molar-refractivity contribution in [2.45, 2.75) is 104 Å². The molecule has 3 aromatic rings. The number of benzene rings is 2. The highest BCUT2D eigenvalue weighted by Gasteiger charge is 2.48. The largest absolute Gasteiger partial charge is 0.508 e.